The van der Waals surface area contributed by atoms with Crippen molar-refractivity contribution in [2.45, 2.75) is 64.1 Å². The fourth-order valence-electron chi connectivity index (χ4n) is 4.93. The highest BCUT2D eigenvalue weighted by Gasteiger charge is 2.35. The molecule has 0 unspecified atom stereocenters. The summed E-state index contributed by atoms with van der Waals surface area (Å²) >= 11 is 0. The summed E-state index contributed by atoms with van der Waals surface area (Å²) in [6, 6.07) is 5.95. The van der Waals surface area contributed by atoms with E-state index in [1.54, 1.807) is 12.1 Å². The molecule has 0 spiro atoms. The molecule has 0 radical (unpaired) electrons. The maximum Gasteiger partial charge on any atom is 0.573 e. The number of fused-ring (bicyclic) bond motifs is 1. The van der Waals surface area contributed by atoms with Crippen LogP contribution in [0.2, 0.25) is 0 Å². The lowest BCUT2D eigenvalue weighted by Crippen LogP contribution is -2.20. The van der Waals surface area contributed by atoms with Gasteiger partial charge in [0.25, 0.3) is 0 Å². The summed E-state index contributed by atoms with van der Waals surface area (Å²) in [6.45, 7) is 2.19. The van der Waals surface area contributed by atoms with Crippen LogP contribution < -0.4 is 4.74 Å². The second-order valence-electron chi connectivity index (χ2n) is 8.65. The molecule has 2 aliphatic rings. The minimum atomic E-state index is -5.20. The summed E-state index contributed by atoms with van der Waals surface area (Å²) in [6.07, 6.45) is 2.00. The molecule has 0 aromatic heterocycles. The van der Waals surface area contributed by atoms with Gasteiger partial charge in [-0.1, -0.05) is 31.6 Å². The van der Waals surface area contributed by atoms with E-state index in [1.807, 2.05) is 6.07 Å². The van der Waals surface area contributed by atoms with Crippen molar-refractivity contribution < 1.29 is 31.1 Å². The van der Waals surface area contributed by atoms with E-state index in [2.05, 4.69) is 11.7 Å². The first-order valence-electron chi connectivity index (χ1n) is 10.9. The predicted molar refractivity (Wildman–Crippen MR) is 111 cm³/mol. The average molecular weight is 454 g/mol. The van der Waals surface area contributed by atoms with Gasteiger partial charge in [-0.3, -0.25) is 0 Å². The number of rotatable bonds is 4. The minimum Gasteiger partial charge on any atom is -0.399 e. The zero-order valence-corrected chi connectivity index (χ0v) is 17.7. The Morgan fingerprint density at radius 2 is 1.66 bits per heavy atom. The Morgan fingerprint density at radius 1 is 0.938 bits per heavy atom. The molecule has 32 heavy (non-hydrogen) atoms. The average Bonchev–Trinajstić information content (AvgIpc) is 2.75. The second kappa shape index (κ2) is 8.83. The molecule has 1 saturated carbocycles. The highest BCUT2D eigenvalue weighted by molar-refractivity contribution is 5.85. The van der Waals surface area contributed by atoms with Gasteiger partial charge < -0.3 is 4.74 Å². The van der Waals surface area contributed by atoms with E-state index in [1.165, 1.54) is 12.5 Å². The van der Waals surface area contributed by atoms with E-state index in [0.29, 0.717) is 17.1 Å². The Kier molecular flexibility index (Phi) is 6.28. The zero-order chi connectivity index (χ0) is 23.0. The van der Waals surface area contributed by atoms with Crippen LogP contribution in [0.4, 0.5) is 26.3 Å². The molecule has 0 N–H and O–H groups in total. The zero-order valence-electron chi connectivity index (χ0n) is 17.7. The third-order valence-electron chi connectivity index (χ3n) is 6.74. The molecule has 0 bridgehead atoms. The number of halogens is 6. The predicted octanol–water partition coefficient (Wildman–Crippen LogP) is 8.17. The van der Waals surface area contributed by atoms with Gasteiger partial charge in [0.1, 0.15) is 5.82 Å². The van der Waals surface area contributed by atoms with Crippen molar-refractivity contribution >= 4 is 11.6 Å². The lowest BCUT2D eigenvalue weighted by molar-refractivity contribution is -0.276. The molecule has 4 rings (SSSR count). The van der Waals surface area contributed by atoms with Crippen LogP contribution >= 0.6 is 0 Å². The first-order chi connectivity index (χ1) is 15.2. The third kappa shape index (κ3) is 4.66. The molecule has 2 aliphatic carbocycles. The largest absolute Gasteiger partial charge is 0.573 e. The van der Waals surface area contributed by atoms with E-state index in [0.717, 1.165) is 43.2 Å². The van der Waals surface area contributed by atoms with E-state index >= 15 is 0 Å². The maximum atomic E-state index is 15.0. The van der Waals surface area contributed by atoms with Crippen LogP contribution in [0, 0.1) is 23.4 Å². The molecule has 0 heterocycles. The molecule has 2 aromatic rings. The van der Waals surface area contributed by atoms with Gasteiger partial charge in [0.05, 0.1) is 0 Å². The van der Waals surface area contributed by atoms with Crippen molar-refractivity contribution in [2.75, 3.05) is 0 Å². The fraction of sp³-hybridized carbons (Fsp3) is 0.440. The molecule has 0 aliphatic heterocycles. The normalized spacial score (nSPS) is 21.2. The molecule has 1 fully saturated rings. The van der Waals surface area contributed by atoms with Crippen molar-refractivity contribution in [3.8, 4) is 5.75 Å². The van der Waals surface area contributed by atoms with Crippen LogP contribution in [0.3, 0.4) is 0 Å². The Morgan fingerprint density at radius 3 is 2.28 bits per heavy atom. The topological polar surface area (TPSA) is 9.23 Å². The quantitative estimate of drug-likeness (QED) is 0.424. The van der Waals surface area contributed by atoms with Crippen LogP contribution in [0.1, 0.15) is 73.6 Å². The van der Waals surface area contributed by atoms with Gasteiger partial charge in [0, 0.05) is 5.56 Å². The molecule has 172 valence electrons. The van der Waals surface area contributed by atoms with Gasteiger partial charge in [0.15, 0.2) is 11.6 Å². The van der Waals surface area contributed by atoms with Crippen LogP contribution in [0.25, 0.3) is 11.6 Å². The summed E-state index contributed by atoms with van der Waals surface area (Å²) in [5.74, 6) is -3.60. The Labute approximate surface area is 183 Å². The number of ether oxygens (including phenoxy) is 1. The summed E-state index contributed by atoms with van der Waals surface area (Å²) < 4.78 is 84.5. The van der Waals surface area contributed by atoms with Gasteiger partial charge in [-0.15, -0.1) is 13.2 Å². The van der Waals surface area contributed by atoms with E-state index in [4.69, 9.17) is 0 Å². The van der Waals surface area contributed by atoms with Crippen molar-refractivity contribution in [3.05, 3.63) is 64.0 Å². The van der Waals surface area contributed by atoms with Crippen molar-refractivity contribution in [3.63, 3.8) is 0 Å². The molecule has 0 atom stereocenters. The standard InChI is InChI=1S/C25H24F6O/c1-2-14-3-5-15(6-4-14)16-7-9-19(21(26)12-16)17-8-10-20-18(11-17)13-22(27)24(23(20)28)32-25(29,30)31/h7,9,11-15H,2-6,8,10H2,1H3. The summed E-state index contributed by atoms with van der Waals surface area (Å²) in [4.78, 5) is 0. The van der Waals surface area contributed by atoms with Gasteiger partial charge in [-0.05, 0) is 84.8 Å². The SMILES string of the molecule is CCC1CCC(c2ccc(C3=Cc4cc(F)c(OC(F)(F)F)c(F)c4CC3)c(F)c2)CC1. The molecule has 0 saturated heterocycles. The number of hydrogen-bond acceptors (Lipinski definition) is 1. The third-order valence-corrected chi connectivity index (χ3v) is 6.74. The molecular weight excluding hydrogens is 430 g/mol. The lowest BCUT2D eigenvalue weighted by atomic mass is 9.77. The van der Waals surface area contributed by atoms with Crippen LogP contribution in [-0.2, 0) is 6.42 Å². The number of hydrogen-bond donors (Lipinski definition) is 0. The van der Waals surface area contributed by atoms with Crippen molar-refractivity contribution in [1.82, 2.24) is 0 Å². The number of benzene rings is 2. The van der Waals surface area contributed by atoms with Crippen molar-refractivity contribution in [1.29, 1.82) is 0 Å². The monoisotopic (exact) mass is 454 g/mol. The lowest BCUT2D eigenvalue weighted by Gasteiger charge is -2.28. The Bertz CT molecular complexity index is 1030. The van der Waals surface area contributed by atoms with Crippen LogP contribution in [0.5, 0.6) is 5.75 Å². The van der Waals surface area contributed by atoms with E-state index in [-0.39, 0.29) is 24.0 Å². The van der Waals surface area contributed by atoms with Gasteiger partial charge in [0.2, 0.25) is 5.75 Å². The summed E-state index contributed by atoms with van der Waals surface area (Å²) in [5.41, 5.74) is 1.89. The van der Waals surface area contributed by atoms with Crippen LogP contribution in [-0.4, -0.2) is 6.36 Å². The smallest absolute Gasteiger partial charge is 0.399 e. The first kappa shape index (κ1) is 22.7. The van der Waals surface area contributed by atoms with Gasteiger partial charge in [-0.25, -0.2) is 13.2 Å². The van der Waals surface area contributed by atoms with E-state index in [9.17, 15) is 26.3 Å². The van der Waals surface area contributed by atoms with Crippen molar-refractivity contribution in [2.24, 2.45) is 5.92 Å². The fourth-order valence-corrected chi connectivity index (χ4v) is 4.93. The number of alkyl halides is 3. The molecular formula is C25H24F6O. The minimum absolute atomic E-state index is 0.0176. The molecule has 0 amide bonds. The second-order valence-corrected chi connectivity index (χ2v) is 8.65. The maximum absolute atomic E-state index is 15.0. The highest BCUT2D eigenvalue weighted by atomic mass is 19.4. The summed E-state index contributed by atoms with van der Waals surface area (Å²) in [7, 11) is 0. The van der Waals surface area contributed by atoms with E-state index < -0.39 is 29.6 Å². The summed E-state index contributed by atoms with van der Waals surface area (Å²) in [5, 5.41) is 0. The Hall–Kier alpha value is -2.44. The number of allylic oxidation sites excluding steroid dienone is 1. The highest BCUT2D eigenvalue weighted by Crippen LogP contribution is 2.40. The Balaban J connectivity index is 1.60. The molecule has 1 nitrogen and oxygen atoms in total. The molecule has 7 heteroatoms. The van der Waals surface area contributed by atoms with Gasteiger partial charge >= 0.3 is 6.36 Å². The molecule has 2 aromatic carbocycles. The van der Waals surface area contributed by atoms with Gasteiger partial charge in [-0.2, -0.15) is 0 Å². The van der Waals surface area contributed by atoms with Crippen LogP contribution in [0.15, 0.2) is 24.3 Å². The first-order valence-corrected chi connectivity index (χ1v) is 10.9.